The van der Waals surface area contributed by atoms with Crippen LogP contribution in [0.5, 0.6) is 0 Å². The lowest BCUT2D eigenvalue weighted by Gasteiger charge is -2.10. The van der Waals surface area contributed by atoms with Gasteiger partial charge < -0.3 is 4.57 Å². The average molecular weight is 275 g/mol. The van der Waals surface area contributed by atoms with Crippen molar-refractivity contribution in [1.29, 1.82) is 0 Å². The van der Waals surface area contributed by atoms with Crippen molar-refractivity contribution in [2.75, 3.05) is 0 Å². The van der Waals surface area contributed by atoms with Crippen LogP contribution >= 0.6 is 11.8 Å². The molecule has 1 atom stereocenters. The minimum Gasteiger partial charge on any atom is -0.312 e. The number of ketones is 1. The third-order valence-electron chi connectivity index (χ3n) is 3.11. The zero-order valence-electron chi connectivity index (χ0n) is 11.5. The molecule has 5 heteroatoms. The predicted molar refractivity (Wildman–Crippen MR) is 76.6 cm³/mol. The summed E-state index contributed by atoms with van der Waals surface area (Å²) in [6.45, 7) is 5.96. The molecule has 4 nitrogen and oxygen atoms in total. The number of aromatic nitrogens is 3. The lowest BCUT2D eigenvalue weighted by molar-refractivity contribution is 0.0994. The highest BCUT2D eigenvalue weighted by Gasteiger charge is 2.19. The Morgan fingerprint density at radius 3 is 2.63 bits per heavy atom. The van der Waals surface area contributed by atoms with Gasteiger partial charge in [-0.2, -0.15) is 0 Å². The van der Waals surface area contributed by atoms with Gasteiger partial charge in [0.2, 0.25) is 0 Å². The summed E-state index contributed by atoms with van der Waals surface area (Å²) in [4.78, 5) is 12.4. The SMILES string of the molecule is Cc1ccc(C(=O)C(C)Sc2nncn2C)cc1C. The monoisotopic (exact) mass is 275 g/mol. The summed E-state index contributed by atoms with van der Waals surface area (Å²) in [5, 5.41) is 8.38. The molecule has 0 aliphatic rings. The standard InChI is InChI=1S/C14H17N3OS/c1-9-5-6-12(7-10(9)2)13(18)11(3)19-14-16-15-8-17(14)4/h5-8,11H,1-4H3. The Morgan fingerprint density at radius 2 is 2.05 bits per heavy atom. The van der Waals surface area contributed by atoms with Crippen LogP contribution in [0.2, 0.25) is 0 Å². The van der Waals surface area contributed by atoms with Crippen molar-refractivity contribution in [3.63, 3.8) is 0 Å². The molecular weight excluding hydrogens is 258 g/mol. The molecule has 100 valence electrons. The number of carbonyl (C=O) groups is 1. The molecule has 1 heterocycles. The van der Waals surface area contributed by atoms with E-state index >= 15 is 0 Å². The van der Waals surface area contributed by atoms with Crippen LogP contribution < -0.4 is 0 Å². The minimum absolute atomic E-state index is 0.121. The second-order valence-electron chi connectivity index (χ2n) is 4.65. The smallest absolute Gasteiger partial charge is 0.191 e. The number of hydrogen-bond donors (Lipinski definition) is 0. The van der Waals surface area contributed by atoms with Gasteiger partial charge in [0.05, 0.1) is 5.25 Å². The number of thioether (sulfide) groups is 1. The van der Waals surface area contributed by atoms with Crippen LogP contribution in [0, 0.1) is 13.8 Å². The van der Waals surface area contributed by atoms with Gasteiger partial charge in [-0.15, -0.1) is 10.2 Å². The van der Waals surface area contributed by atoms with Crippen molar-refractivity contribution in [3.8, 4) is 0 Å². The third-order valence-corrected chi connectivity index (χ3v) is 4.26. The molecule has 1 unspecified atom stereocenters. The van der Waals surface area contributed by atoms with Gasteiger partial charge in [0.1, 0.15) is 6.33 Å². The zero-order valence-corrected chi connectivity index (χ0v) is 12.4. The van der Waals surface area contributed by atoms with Crippen molar-refractivity contribution < 1.29 is 4.79 Å². The zero-order chi connectivity index (χ0) is 14.0. The summed E-state index contributed by atoms with van der Waals surface area (Å²) in [6, 6.07) is 5.83. The van der Waals surface area contributed by atoms with Gasteiger partial charge in [-0.1, -0.05) is 23.9 Å². The number of Topliss-reactive ketones (excluding diaryl/α,β-unsaturated/α-hetero) is 1. The Labute approximate surface area is 117 Å². The largest absolute Gasteiger partial charge is 0.312 e. The minimum atomic E-state index is -0.176. The van der Waals surface area contributed by atoms with Crippen molar-refractivity contribution >= 4 is 17.5 Å². The number of rotatable bonds is 4. The molecule has 19 heavy (non-hydrogen) atoms. The highest BCUT2D eigenvalue weighted by atomic mass is 32.2. The fraction of sp³-hybridized carbons (Fsp3) is 0.357. The second kappa shape index (κ2) is 5.57. The number of hydrogen-bond acceptors (Lipinski definition) is 4. The van der Waals surface area contributed by atoms with Crippen LogP contribution in [0.15, 0.2) is 29.7 Å². The molecule has 0 amide bonds. The molecule has 2 aromatic rings. The molecule has 2 rings (SSSR count). The van der Waals surface area contributed by atoms with E-state index in [1.54, 1.807) is 6.33 Å². The summed E-state index contributed by atoms with van der Waals surface area (Å²) < 4.78 is 1.81. The lowest BCUT2D eigenvalue weighted by Crippen LogP contribution is -2.14. The van der Waals surface area contributed by atoms with Crippen LogP contribution in [0.3, 0.4) is 0 Å². The molecule has 1 aromatic carbocycles. The van der Waals surface area contributed by atoms with Gasteiger partial charge in [-0.3, -0.25) is 4.79 Å². The Morgan fingerprint density at radius 1 is 1.32 bits per heavy atom. The van der Waals surface area contributed by atoms with Crippen LogP contribution in [-0.4, -0.2) is 25.8 Å². The van der Waals surface area contributed by atoms with Crippen molar-refractivity contribution in [2.45, 2.75) is 31.2 Å². The van der Waals surface area contributed by atoms with Gasteiger partial charge in [0, 0.05) is 12.6 Å². The number of carbonyl (C=O) groups excluding carboxylic acids is 1. The number of aryl methyl sites for hydroxylation is 3. The van der Waals surface area contributed by atoms with E-state index in [4.69, 9.17) is 0 Å². The predicted octanol–water partition coefficient (Wildman–Crippen LogP) is 2.80. The molecular formula is C14H17N3OS. The van der Waals surface area contributed by atoms with E-state index in [2.05, 4.69) is 10.2 Å². The van der Waals surface area contributed by atoms with E-state index in [0.29, 0.717) is 0 Å². The fourth-order valence-corrected chi connectivity index (χ4v) is 2.59. The number of benzene rings is 1. The van der Waals surface area contributed by atoms with Crippen molar-refractivity contribution in [2.24, 2.45) is 7.05 Å². The van der Waals surface area contributed by atoms with Gasteiger partial charge in [-0.05, 0) is 38.0 Å². The Bertz CT molecular complexity index is 606. The van der Waals surface area contributed by atoms with E-state index in [1.165, 1.54) is 17.3 Å². The molecule has 0 spiro atoms. The highest BCUT2D eigenvalue weighted by Crippen LogP contribution is 2.23. The molecule has 0 saturated heterocycles. The second-order valence-corrected chi connectivity index (χ2v) is 5.96. The van der Waals surface area contributed by atoms with E-state index in [0.717, 1.165) is 16.3 Å². The fourth-order valence-electron chi connectivity index (χ4n) is 1.72. The van der Waals surface area contributed by atoms with E-state index in [-0.39, 0.29) is 11.0 Å². The first-order chi connectivity index (χ1) is 8.99. The maximum atomic E-state index is 12.4. The third kappa shape index (κ3) is 3.04. The first-order valence-electron chi connectivity index (χ1n) is 6.11. The topological polar surface area (TPSA) is 47.8 Å². The molecule has 0 bridgehead atoms. The quantitative estimate of drug-likeness (QED) is 0.636. The Hall–Kier alpha value is -1.62. The first kappa shape index (κ1) is 13.8. The van der Waals surface area contributed by atoms with Crippen molar-refractivity contribution in [1.82, 2.24) is 14.8 Å². The maximum Gasteiger partial charge on any atom is 0.191 e. The molecule has 0 saturated carbocycles. The van der Waals surface area contributed by atoms with Gasteiger partial charge in [0.25, 0.3) is 0 Å². The Balaban J connectivity index is 2.15. The normalized spacial score (nSPS) is 12.4. The maximum absolute atomic E-state index is 12.4. The summed E-state index contributed by atoms with van der Waals surface area (Å²) >= 11 is 1.43. The molecule has 0 radical (unpaired) electrons. The average Bonchev–Trinajstić information content (AvgIpc) is 2.77. The summed E-state index contributed by atoms with van der Waals surface area (Å²) in [6.07, 6.45) is 1.63. The molecule has 0 fully saturated rings. The van der Waals surface area contributed by atoms with Crippen LogP contribution in [-0.2, 0) is 7.05 Å². The molecule has 0 aliphatic heterocycles. The molecule has 0 N–H and O–H groups in total. The van der Waals surface area contributed by atoms with Crippen LogP contribution in [0.1, 0.15) is 28.4 Å². The van der Waals surface area contributed by atoms with Crippen LogP contribution in [0.25, 0.3) is 0 Å². The highest BCUT2D eigenvalue weighted by molar-refractivity contribution is 8.00. The van der Waals surface area contributed by atoms with E-state index in [9.17, 15) is 4.79 Å². The van der Waals surface area contributed by atoms with Gasteiger partial charge >= 0.3 is 0 Å². The Kier molecular flexibility index (Phi) is 4.04. The lowest BCUT2D eigenvalue weighted by atomic mass is 10.0. The molecule has 1 aromatic heterocycles. The van der Waals surface area contributed by atoms with Gasteiger partial charge in [0.15, 0.2) is 10.9 Å². The van der Waals surface area contributed by atoms with E-state index in [1.807, 2.05) is 50.6 Å². The van der Waals surface area contributed by atoms with Crippen molar-refractivity contribution in [3.05, 3.63) is 41.2 Å². The van der Waals surface area contributed by atoms with Gasteiger partial charge in [-0.25, -0.2) is 0 Å². The first-order valence-corrected chi connectivity index (χ1v) is 6.99. The summed E-state index contributed by atoms with van der Waals surface area (Å²) in [5.41, 5.74) is 3.09. The van der Waals surface area contributed by atoms with E-state index < -0.39 is 0 Å². The summed E-state index contributed by atoms with van der Waals surface area (Å²) in [5.74, 6) is 0.121. The molecule has 0 aliphatic carbocycles. The summed E-state index contributed by atoms with van der Waals surface area (Å²) in [7, 11) is 1.87. The number of nitrogens with zero attached hydrogens (tertiary/aromatic N) is 3. The van der Waals surface area contributed by atoms with Crippen LogP contribution in [0.4, 0.5) is 0 Å².